The number of amides is 6. The van der Waals surface area contributed by atoms with Gasteiger partial charge in [-0.1, -0.05) is 26.0 Å². The number of hydrogen-bond acceptors (Lipinski definition) is 8. The Morgan fingerprint density at radius 1 is 0.938 bits per heavy atom. The number of carbonyl (C=O) groups excluding carboxylic acids is 5. The van der Waals surface area contributed by atoms with Gasteiger partial charge in [0.05, 0.1) is 26.4 Å². The van der Waals surface area contributed by atoms with Gasteiger partial charge < -0.3 is 46.9 Å². The Bertz CT molecular complexity index is 1280. The number of rotatable bonds is 19. The van der Waals surface area contributed by atoms with E-state index in [0.717, 1.165) is 25.7 Å². The summed E-state index contributed by atoms with van der Waals surface area (Å²) in [5, 5.41) is 22.6. The lowest BCUT2D eigenvalue weighted by atomic mass is 10.0. The molecule has 1 aromatic rings. The normalized spacial score (nSPS) is 19.1. The number of carbonyl (C=O) groups is 5. The van der Waals surface area contributed by atoms with E-state index in [1.807, 2.05) is 0 Å². The second kappa shape index (κ2) is 20.1. The van der Waals surface area contributed by atoms with Crippen LogP contribution in [0.15, 0.2) is 24.3 Å². The van der Waals surface area contributed by atoms with Crippen molar-refractivity contribution in [3.8, 4) is 11.8 Å². The monoisotopic (exact) mass is 670 g/mol. The van der Waals surface area contributed by atoms with E-state index in [4.69, 9.17) is 15.2 Å². The molecule has 0 radical (unpaired) electrons. The molecule has 2 unspecified atom stereocenters. The van der Waals surface area contributed by atoms with Crippen molar-refractivity contribution in [3.63, 3.8) is 0 Å². The second-order valence-corrected chi connectivity index (χ2v) is 12.4. The zero-order valence-electron chi connectivity index (χ0n) is 27.8. The zero-order valence-corrected chi connectivity index (χ0v) is 27.8. The van der Waals surface area contributed by atoms with E-state index < -0.39 is 41.9 Å². The molecule has 0 bridgehead atoms. The number of benzene rings is 1. The topological polar surface area (TPSA) is 210 Å². The third kappa shape index (κ3) is 13.4. The molecular weight excluding hydrogens is 620 g/mol. The maximum atomic E-state index is 13.3. The van der Waals surface area contributed by atoms with Crippen molar-refractivity contribution in [2.24, 2.45) is 29.4 Å². The van der Waals surface area contributed by atoms with Crippen molar-refractivity contribution in [1.29, 1.82) is 0 Å². The molecule has 0 saturated heterocycles. The lowest BCUT2D eigenvalue weighted by Crippen LogP contribution is -2.54. The molecule has 0 aromatic heterocycles. The molecule has 0 heterocycles. The van der Waals surface area contributed by atoms with Crippen LogP contribution in [-0.4, -0.2) is 79.9 Å². The Balaban J connectivity index is 1.37. The average Bonchev–Trinajstić information content (AvgIpc) is 3.70. The van der Waals surface area contributed by atoms with Gasteiger partial charge in [-0.15, -0.1) is 11.8 Å². The van der Waals surface area contributed by atoms with Crippen LogP contribution < -0.4 is 32.3 Å². The van der Waals surface area contributed by atoms with Gasteiger partial charge in [0, 0.05) is 38.0 Å². The minimum Gasteiger partial charge on any atom is -0.449 e. The number of fused-ring (bicyclic) bond motifs is 1. The summed E-state index contributed by atoms with van der Waals surface area (Å²) < 4.78 is 10.9. The molecule has 2 aliphatic rings. The predicted molar refractivity (Wildman–Crippen MR) is 178 cm³/mol. The third-order valence-corrected chi connectivity index (χ3v) is 8.51. The van der Waals surface area contributed by atoms with Gasteiger partial charge in [-0.25, -0.2) is 9.59 Å². The summed E-state index contributed by atoms with van der Waals surface area (Å²) in [5.74, 6) is 6.24. The second-order valence-electron chi connectivity index (χ2n) is 12.4. The number of primary amides is 1. The minimum atomic E-state index is -0.970. The first-order valence-electron chi connectivity index (χ1n) is 16.7. The van der Waals surface area contributed by atoms with Gasteiger partial charge in [0.25, 0.3) is 0 Å². The molecule has 0 spiro atoms. The Morgan fingerprint density at radius 3 is 2.25 bits per heavy atom. The largest absolute Gasteiger partial charge is 0.449 e. The maximum Gasteiger partial charge on any atom is 0.407 e. The first kappa shape index (κ1) is 38.1. The van der Waals surface area contributed by atoms with Gasteiger partial charge in [0.1, 0.15) is 12.1 Å². The Hall–Kier alpha value is -4.35. The quantitative estimate of drug-likeness (QED) is 0.0850. The van der Waals surface area contributed by atoms with Crippen LogP contribution in [0.1, 0.15) is 64.4 Å². The predicted octanol–water partition coefficient (Wildman–Crippen LogP) is 1.76. The van der Waals surface area contributed by atoms with Gasteiger partial charge in [-0.05, 0) is 67.1 Å². The molecular formula is C34H50N6O8. The van der Waals surface area contributed by atoms with E-state index in [2.05, 4.69) is 38.4 Å². The molecule has 8 N–H and O–H groups in total. The fourth-order valence-electron chi connectivity index (χ4n) is 5.75. The van der Waals surface area contributed by atoms with Crippen LogP contribution in [0.5, 0.6) is 0 Å². The van der Waals surface area contributed by atoms with Crippen molar-refractivity contribution >= 4 is 35.5 Å². The highest BCUT2D eigenvalue weighted by Gasteiger charge is 2.49. The molecule has 5 atom stereocenters. The van der Waals surface area contributed by atoms with E-state index in [-0.39, 0.29) is 51.7 Å². The van der Waals surface area contributed by atoms with Crippen LogP contribution in [-0.2, 0) is 30.5 Å². The molecule has 0 aliphatic heterocycles. The van der Waals surface area contributed by atoms with Crippen molar-refractivity contribution < 1.29 is 38.6 Å². The number of hydrogen-bond donors (Lipinski definition) is 7. The number of nitrogens with one attached hydrogen (secondary N) is 5. The first-order chi connectivity index (χ1) is 23.1. The highest BCUT2D eigenvalue weighted by Crippen LogP contribution is 2.52. The number of anilines is 1. The molecule has 264 valence electrons. The van der Waals surface area contributed by atoms with Gasteiger partial charge in [0.15, 0.2) is 0 Å². The number of aliphatic hydroxyl groups is 1. The molecule has 2 aliphatic carbocycles. The minimum absolute atomic E-state index is 0.0122. The fraction of sp³-hybridized carbons (Fsp3) is 0.618. The summed E-state index contributed by atoms with van der Waals surface area (Å²) in [4.78, 5) is 62.2. The molecule has 1 aromatic carbocycles. The van der Waals surface area contributed by atoms with Crippen LogP contribution >= 0.6 is 0 Å². The molecule has 14 nitrogen and oxygen atoms in total. The highest BCUT2D eigenvalue weighted by atomic mass is 16.5. The van der Waals surface area contributed by atoms with Crippen molar-refractivity contribution in [3.05, 3.63) is 29.8 Å². The van der Waals surface area contributed by atoms with E-state index >= 15 is 0 Å². The molecule has 48 heavy (non-hydrogen) atoms. The standard InChI is InChI=1S/C34H50N6O8/c1-22(2)30(32(44)39-28(10-7-16-36-33(35)45)31(43)38-24-13-11-23(20-41)12-14-24)40-29(42)15-18-47-19-17-37-34(46)48-21-27-25-8-5-3-4-6-9-26(25)27/h11-14,22,25-28,30,41H,5-10,15-21H2,1-2H3,(H,37,46)(H,38,43)(H,39,44)(H,40,42)(H3,35,36,45)/t25-,26+,27?,28-,30?/m0/s1. The lowest BCUT2D eigenvalue weighted by Gasteiger charge is -2.25. The van der Waals surface area contributed by atoms with Gasteiger partial charge in [-0.3, -0.25) is 14.4 Å². The van der Waals surface area contributed by atoms with Crippen molar-refractivity contribution in [2.45, 2.75) is 77.5 Å². The number of nitrogens with two attached hydrogens (primary N) is 1. The highest BCUT2D eigenvalue weighted by molar-refractivity contribution is 5.98. The Morgan fingerprint density at radius 2 is 1.62 bits per heavy atom. The number of urea groups is 1. The summed E-state index contributed by atoms with van der Waals surface area (Å²) in [5.41, 5.74) is 6.28. The van der Waals surface area contributed by atoms with E-state index in [1.165, 1.54) is 0 Å². The number of ether oxygens (including phenoxy) is 2. The fourth-order valence-corrected chi connectivity index (χ4v) is 5.75. The Labute approximate surface area is 282 Å². The summed E-state index contributed by atoms with van der Waals surface area (Å²) in [6, 6.07) is 4.01. The number of alkyl carbamates (subject to hydrolysis) is 1. The van der Waals surface area contributed by atoms with Gasteiger partial charge >= 0.3 is 12.1 Å². The van der Waals surface area contributed by atoms with Gasteiger partial charge in [-0.2, -0.15) is 0 Å². The summed E-state index contributed by atoms with van der Waals surface area (Å²) >= 11 is 0. The maximum absolute atomic E-state index is 13.3. The zero-order chi connectivity index (χ0) is 34.9. The van der Waals surface area contributed by atoms with Crippen LogP contribution in [0.2, 0.25) is 0 Å². The van der Waals surface area contributed by atoms with E-state index in [0.29, 0.717) is 42.0 Å². The third-order valence-electron chi connectivity index (χ3n) is 8.51. The summed E-state index contributed by atoms with van der Waals surface area (Å²) in [6.45, 7) is 4.51. The Kier molecular flexibility index (Phi) is 16.0. The van der Waals surface area contributed by atoms with Crippen molar-refractivity contribution in [2.75, 3.05) is 38.2 Å². The van der Waals surface area contributed by atoms with Crippen LogP contribution in [0.4, 0.5) is 15.3 Å². The smallest absolute Gasteiger partial charge is 0.407 e. The van der Waals surface area contributed by atoms with Crippen LogP contribution in [0.25, 0.3) is 0 Å². The summed E-state index contributed by atoms with van der Waals surface area (Å²) in [6.07, 6.45) is 3.99. The van der Waals surface area contributed by atoms with E-state index in [1.54, 1.807) is 38.1 Å². The van der Waals surface area contributed by atoms with Crippen LogP contribution in [0, 0.1) is 35.5 Å². The van der Waals surface area contributed by atoms with E-state index in [9.17, 15) is 29.1 Å². The van der Waals surface area contributed by atoms with Crippen LogP contribution in [0.3, 0.4) is 0 Å². The molecule has 1 saturated carbocycles. The summed E-state index contributed by atoms with van der Waals surface area (Å²) in [7, 11) is 0. The molecule has 3 rings (SSSR count). The molecule has 1 fully saturated rings. The van der Waals surface area contributed by atoms with Crippen molar-refractivity contribution in [1.82, 2.24) is 21.3 Å². The first-order valence-corrected chi connectivity index (χ1v) is 16.7. The lowest BCUT2D eigenvalue weighted by molar-refractivity contribution is -0.132. The molecule has 14 heteroatoms. The molecule has 6 amide bonds. The SMILES string of the molecule is CC(C)C(NC(=O)CCOCCNC(=O)OCC1[C@H]2CCC#CCC[C@@H]12)C(=O)N[C@@H](CCCNC(N)=O)C(=O)Nc1ccc(CO)cc1. The van der Waals surface area contributed by atoms with Gasteiger partial charge in [0.2, 0.25) is 17.7 Å². The number of aliphatic hydroxyl groups excluding tert-OH is 1. The average molecular weight is 671 g/mol.